The van der Waals surface area contributed by atoms with Crippen LogP contribution in [0.4, 0.5) is 9.93 Å². The first-order valence-electron chi connectivity index (χ1n) is 8.44. The Labute approximate surface area is 147 Å². The molecule has 0 atom stereocenters. The summed E-state index contributed by atoms with van der Waals surface area (Å²) < 4.78 is 5.37. The van der Waals surface area contributed by atoms with E-state index in [0.29, 0.717) is 31.1 Å². The number of hydrogen-bond acceptors (Lipinski definition) is 5. The number of anilines is 1. The molecule has 6 nitrogen and oxygen atoms in total. The molecule has 0 saturated carbocycles. The number of amides is 2. The number of nitrogens with one attached hydrogen (secondary N) is 1. The van der Waals surface area contributed by atoms with Crippen molar-refractivity contribution in [2.45, 2.75) is 59.5 Å². The second kappa shape index (κ2) is 7.51. The minimum absolute atomic E-state index is 0.00441. The standard InChI is InChI=1S/C17H27N3O3S/c1-6-13-11(2)24-15(18-13)19-14(21)12-7-9-20(10-8-12)16(22)23-17(3,4)5/h12H,6-10H2,1-5H3,(H,18,19,21). The summed E-state index contributed by atoms with van der Waals surface area (Å²) in [6, 6.07) is 0. The highest BCUT2D eigenvalue weighted by molar-refractivity contribution is 7.15. The first-order valence-corrected chi connectivity index (χ1v) is 9.26. The van der Waals surface area contributed by atoms with Crippen LogP contribution in [-0.4, -0.2) is 40.6 Å². The number of piperidine rings is 1. The third-order valence-electron chi connectivity index (χ3n) is 3.98. The molecule has 0 spiro atoms. The van der Waals surface area contributed by atoms with E-state index in [1.165, 1.54) is 11.3 Å². The van der Waals surface area contributed by atoms with Crippen molar-refractivity contribution in [3.8, 4) is 0 Å². The Kier molecular flexibility index (Phi) is 5.85. The number of rotatable bonds is 3. The maximum absolute atomic E-state index is 12.4. The lowest BCUT2D eigenvalue weighted by molar-refractivity contribution is -0.121. The van der Waals surface area contributed by atoms with E-state index in [-0.39, 0.29) is 17.9 Å². The number of carbonyl (C=O) groups excluding carboxylic acids is 2. The molecule has 1 N–H and O–H groups in total. The number of aromatic nitrogens is 1. The number of thiazole rings is 1. The van der Waals surface area contributed by atoms with Gasteiger partial charge in [0.1, 0.15) is 5.60 Å². The van der Waals surface area contributed by atoms with E-state index in [1.54, 1.807) is 4.90 Å². The van der Waals surface area contributed by atoms with Gasteiger partial charge in [-0.3, -0.25) is 4.79 Å². The maximum atomic E-state index is 12.4. The number of likely N-dealkylation sites (tertiary alicyclic amines) is 1. The van der Waals surface area contributed by atoms with Crippen LogP contribution in [0.15, 0.2) is 0 Å². The zero-order chi connectivity index (χ0) is 17.9. The van der Waals surface area contributed by atoms with Crippen molar-refractivity contribution in [3.05, 3.63) is 10.6 Å². The lowest BCUT2D eigenvalue weighted by Crippen LogP contribution is -2.43. The molecule has 0 bridgehead atoms. The molecule has 2 amide bonds. The lowest BCUT2D eigenvalue weighted by atomic mass is 9.96. The van der Waals surface area contributed by atoms with Crippen molar-refractivity contribution < 1.29 is 14.3 Å². The highest BCUT2D eigenvalue weighted by Crippen LogP contribution is 2.25. The van der Waals surface area contributed by atoms with Crippen LogP contribution in [0.1, 0.15) is 51.1 Å². The Hall–Kier alpha value is -1.63. The topological polar surface area (TPSA) is 71.5 Å². The SMILES string of the molecule is CCc1nc(NC(=O)C2CCN(C(=O)OC(C)(C)C)CC2)sc1C. The van der Waals surface area contributed by atoms with E-state index < -0.39 is 5.60 Å². The van der Waals surface area contributed by atoms with Gasteiger partial charge < -0.3 is 15.0 Å². The van der Waals surface area contributed by atoms with Gasteiger partial charge >= 0.3 is 6.09 Å². The van der Waals surface area contributed by atoms with Crippen molar-refractivity contribution >= 4 is 28.5 Å². The molecule has 134 valence electrons. The van der Waals surface area contributed by atoms with Gasteiger partial charge in [-0.15, -0.1) is 11.3 Å². The molecule has 1 aromatic rings. The molecule has 0 unspecified atom stereocenters. The highest BCUT2D eigenvalue weighted by Gasteiger charge is 2.30. The van der Waals surface area contributed by atoms with Gasteiger partial charge in [0.25, 0.3) is 0 Å². The fourth-order valence-electron chi connectivity index (χ4n) is 2.67. The third-order valence-corrected chi connectivity index (χ3v) is 4.90. The third kappa shape index (κ3) is 4.93. The fraction of sp³-hybridized carbons (Fsp3) is 0.706. The zero-order valence-corrected chi connectivity index (χ0v) is 16.0. The molecule has 24 heavy (non-hydrogen) atoms. The second-order valence-electron chi connectivity index (χ2n) is 7.11. The molecule has 1 aliphatic rings. The molecule has 0 aromatic carbocycles. The molecular weight excluding hydrogens is 326 g/mol. The van der Waals surface area contributed by atoms with Crippen molar-refractivity contribution in [2.75, 3.05) is 18.4 Å². The minimum atomic E-state index is -0.495. The van der Waals surface area contributed by atoms with Crippen molar-refractivity contribution in [3.63, 3.8) is 0 Å². The summed E-state index contributed by atoms with van der Waals surface area (Å²) >= 11 is 1.52. The predicted molar refractivity (Wildman–Crippen MR) is 95.4 cm³/mol. The number of ether oxygens (including phenoxy) is 1. The normalized spacial score (nSPS) is 16.1. The number of aryl methyl sites for hydroxylation is 2. The number of hydrogen-bond donors (Lipinski definition) is 1. The summed E-state index contributed by atoms with van der Waals surface area (Å²) in [5, 5.41) is 3.59. The van der Waals surface area contributed by atoms with E-state index in [2.05, 4.69) is 17.2 Å². The van der Waals surface area contributed by atoms with Crippen LogP contribution < -0.4 is 5.32 Å². The summed E-state index contributed by atoms with van der Waals surface area (Å²) in [5.74, 6) is -0.0896. The van der Waals surface area contributed by atoms with Gasteiger partial charge in [-0.1, -0.05) is 6.92 Å². The molecule has 1 saturated heterocycles. The Morgan fingerprint density at radius 3 is 2.46 bits per heavy atom. The average molecular weight is 353 g/mol. The molecule has 0 radical (unpaired) electrons. The van der Waals surface area contributed by atoms with Crippen LogP contribution in [-0.2, 0) is 16.0 Å². The van der Waals surface area contributed by atoms with Crippen LogP contribution in [0.5, 0.6) is 0 Å². The molecule has 2 rings (SSSR count). The second-order valence-corrected chi connectivity index (χ2v) is 8.31. The number of nitrogens with zero attached hydrogens (tertiary/aromatic N) is 2. The van der Waals surface area contributed by atoms with Crippen LogP contribution in [0.3, 0.4) is 0 Å². The van der Waals surface area contributed by atoms with E-state index in [9.17, 15) is 9.59 Å². The van der Waals surface area contributed by atoms with E-state index in [0.717, 1.165) is 17.0 Å². The van der Waals surface area contributed by atoms with Crippen LogP contribution >= 0.6 is 11.3 Å². The summed E-state index contributed by atoms with van der Waals surface area (Å²) in [6.45, 7) is 10.7. The van der Waals surface area contributed by atoms with Gasteiger partial charge in [-0.25, -0.2) is 9.78 Å². The van der Waals surface area contributed by atoms with Crippen molar-refractivity contribution in [1.82, 2.24) is 9.88 Å². The minimum Gasteiger partial charge on any atom is -0.444 e. The smallest absolute Gasteiger partial charge is 0.410 e. The summed E-state index contributed by atoms with van der Waals surface area (Å²) in [6.07, 6.45) is 1.86. The Morgan fingerprint density at radius 1 is 1.33 bits per heavy atom. The van der Waals surface area contributed by atoms with Gasteiger partial charge in [-0.2, -0.15) is 0 Å². The molecule has 1 aromatic heterocycles. The molecule has 7 heteroatoms. The quantitative estimate of drug-likeness (QED) is 0.901. The fourth-order valence-corrected chi connectivity index (χ4v) is 3.57. The van der Waals surface area contributed by atoms with Crippen LogP contribution in [0, 0.1) is 12.8 Å². The van der Waals surface area contributed by atoms with E-state index in [4.69, 9.17) is 4.74 Å². The average Bonchev–Trinajstić information content (AvgIpc) is 2.85. The van der Waals surface area contributed by atoms with E-state index in [1.807, 2.05) is 27.7 Å². The Bertz CT molecular complexity index is 599. The first-order chi connectivity index (χ1) is 11.2. The zero-order valence-electron chi connectivity index (χ0n) is 15.1. The molecule has 1 fully saturated rings. The summed E-state index contributed by atoms with van der Waals surface area (Å²) in [5.41, 5.74) is 0.542. The summed E-state index contributed by atoms with van der Waals surface area (Å²) in [7, 11) is 0. The largest absolute Gasteiger partial charge is 0.444 e. The van der Waals surface area contributed by atoms with Gasteiger partial charge in [0.05, 0.1) is 5.69 Å². The van der Waals surface area contributed by atoms with Crippen molar-refractivity contribution in [2.24, 2.45) is 5.92 Å². The van der Waals surface area contributed by atoms with Crippen LogP contribution in [0.2, 0.25) is 0 Å². The molecule has 1 aliphatic heterocycles. The van der Waals surface area contributed by atoms with Crippen LogP contribution in [0.25, 0.3) is 0 Å². The van der Waals surface area contributed by atoms with Gasteiger partial charge in [0, 0.05) is 23.9 Å². The Balaban J connectivity index is 1.85. The predicted octanol–water partition coefficient (Wildman–Crippen LogP) is 3.60. The maximum Gasteiger partial charge on any atom is 0.410 e. The summed E-state index contributed by atoms with van der Waals surface area (Å²) in [4.78, 5) is 31.7. The highest BCUT2D eigenvalue weighted by atomic mass is 32.1. The monoisotopic (exact) mass is 353 g/mol. The van der Waals surface area contributed by atoms with Crippen molar-refractivity contribution in [1.29, 1.82) is 0 Å². The molecule has 0 aliphatic carbocycles. The van der Waals surface area contributed by atoms with Gasteiger partial charge in [0.2, 0.25) is 5.91 Å². The van der Waals surface area contributed by atoms with E-state index >= 15 is 0 Å². The van der Waals surface area contributed by atoms with Gasteiger partial charge in [-0.05, 0) is 47.0 Å². The number of carbonyl (C=O) groups is 2. The van der Waals surface area contributed by atoms with Gasteiger partial charge in [0.15, 0.2) is 5.13 Å². The lowest BCUT2D eigenvalue weighted by Gasteiger charge is -2.32. The molecular formula is C17H27N3O3S. The molecule has 2 heterocycles. The Morgan fingerprint density at radius 2 is 1.96 bits per heavy atom. The first kappa shape index (κ1) is 18.7.